The minimum Gasteiger partial charge on any atom is -0.375 e. The molecule has 0 N–H and O–H groups in total. The van der Waals surface area contributed by atoms with E-state index in [9.17, 15) is 1.37 Å². The fraction of sp³-hybridized carbons (Fsp3) is 0.100. The van der Waals surface area contributed by atoms with Gasteiger partial charge in [0.2, 0.25) is 0 Å². The lowest BCUT2D eigenvalue weighted by atomic mass is 9.45. The number of nitrogens with zero attached hydrogens (tertiary/aromatic N) is 2. The predicted octanol–water partition coefficient (Wildman–Crippen LogP) is 8.76. The summed E-state index contributed by atoms with van der Waals surface area (Å²) in [5, 5.41) is 2.58. The van der Waals surface area contributed by atoms with Crippen LogP contribution in [0.4, 0.5) is 17.1 Å². The smallest absolute Gasteiger partial charge is 0.333 e. The number of hydrogen-bond donors (Lipinski definition) is 0. The summed E-state index contributed by atoms with van der Waals surface area (Å²) in [6.07, 6.45) is 3.93. The van der Waals surface area contributed by atoms with Crippen molar-refractivity contribution >= 4 is 56.6 Å². The Balaban J connectivity index is 1.37. The van der Waals surface area contributed by atoms with Crippen molar-refractivity contribution in [3.05, 3.63) is 138 Å². The van der Waals surface area contributed by atoms with Crippen LogP contribution in [0.5, 0.6) is 0 Å². The zero-order valence-corrected chi connectivity index (χ0v) is 23.8. The van der Waals surface area contributed by atoms with E-state index >= 15 is 0 Å². The van der Waals surface area contributed by atoms with E-state index in [2.05, 4.69) is 106 Å². The number of para-hydroxylation sites is 3. The van der Waals surface area contributed by atoms with E-state index in [0.29, 0.717) is 12.1 Å². The van der Waals surface area contributed by atoms with Crippen molar-refractivity contribution in [2.75, 3.05) is 4.90 Å². The van der Waals surface area contributed by atoms with Crippen molar-refractivity contribution < 1.29 is 2.74 Å². The molecule has 3 heterocycles. The molecule has 0 saturated carbocycles. The van der Waals surface area contributed by atoms with E-state index in [-0.39, 0.29) is 6.85 Å². The Morgan fingerprint density at radius 2 is 1.35 bits per heavy atom. The number of anilines is 3. The molecule has 0 atom stereocenters. The SMILES string of the molecule is [2H]c1c([2H])c(-c2ccccc2)c(N2c3ccccc3B3c4c(cccc42)-c2cccc4c5ccccc5n3c24)c2c1CCCC2. The molecular weight excluding hydrogens is 519 g/mol. The van der Waals surface area contributed by atoms with E-state index in [4.69, 9.17) is 1.37 Å². The van der Waals surface area contributed by atoms with Gasteiger partial charge < -0.3 is 9.38 Å². The van der Waals surface area contributed by atoms with Gasteiger partial charge in [-0.05, 0) is 77.1 Å². The van der Waals surface area contributed by atoms with Gasteiger partial charge in [-0.25, -0.2) is 0 Å². The lowest BCUT2D eigenvalue weighted by Gasteiger charge is -2.42. The van der Waals surface area contributed by atoms with E-state index in [0.717, 1.165) is 53.7 Å². The molecule has 2 aliphatic heterocycles. The molecule has 0 fully saturated rings. The fourth-order valence-electron chi connectivity index (χ4n) is 8.24. The molecule has 1 aliphatic carbocycles. The van der Waals surface area contributed by atoms with Gasteiger partial charge in [-0.2, -0.15) is 0 Å². The Labute approximate surface area is 254 Å². The molecule has 0 saturated heterocycles. The lowest BCUT2D eigenvalue weighted by molar-refractivity contribution is 0.686. The highest BCUT2D eigenvalue weighted by molar-refractivity contribution is 6.90. The Morgan fingerprint density at radius 1 is 0.605 bits per heavy atom. The maximum Gasteiger partial charge on any atom is 0.333 e. The molecule has 3 aliphatic rings. The van der Waals surface area contributed by atoms with Crippen LogP contribution in [0.2, 0.25) is 0 Å². The van der Waals surface area contributed by atoms with Crippen LogP contribution in [-0.2, 0) is 12.8 Å². The van der Waals surface area contributed by atoms with Crippen LogP contribution >= 0.6 is 0 Å². The molecular formula is C40H29BN2. The molecule has 0 amide bonds. The summed E-state index contributed by atoms with van der Waals surface area (Å²) in [6, 6.07) is 42.3. The van der Waals surface area contributed by atoms with Crippen LogP contribution in [0, 0.1) is 0 Å². The van der Waals surface area contributed by atoms with Crippen LogP contribution in [0.3, 0.4) is 0 Å². The van der Waals surface area contributed by atoms with Crippen molar-refractivity contribution in [2.24, 2.45) is 0 Å². The molecule has 1 aromatic heterocycles. The number of rotatable bonds is 2. The van der Waals surface area contributed by atoms with Crippen molar-refractivity contribution in [2.45, 2.75) is 25.7 Å². The quantitative estimate of drug-likeness (QED) is 0.195. The molecule has 0 spiro atoms. The number of fused-ring (bicyclic) bond motifs is 8. The molecule has 43 heavy (non-hydrogen) atoms. The van der Waals surface area contributed by atoms with Gasteiger partial charge >= 0.3 is 6.85 Å². The number of hydrogen-bond acceptors (Lipinski definition) is 1. The average molecular weight is 551 g/mol. The molecule has 3 heteroatoms. The first-order valence-corrected chi connectivity index (χ1v) is 15.5. The third kappa shape index (κ3) is 3.09. The topological polar surface area (TPSA) is 8.17 Å². The second-order valence-electron chi connectivity index (χ2n) is 12.1. The third-order valence-corrected chi connectivity index (χ3v) is 9.96. The largest absolute Gasteiger partial charge is 0.375 e. The summed E-state index contributed by atoms with van der Waals surface area (Å²) >= 11 is 0. The van der Waals surface area contributed by atoms with Crippen LogP contribution in [0.15, 0.2) is 127 Å². The first-order chi connectivity index (χ1) is 22.2. The van der Waals surface area contributed by atoms with Crippen LogP contribution in [-0.4, -0.2) is 11.3 Å². The van der Waals surface area contributed by atoms with Crippen molar-refractivity contribution in [3.8, 4) is 22.3 Å². The first kappa shape index (κ1) is 21.7. The van der Waals surface area contributed by atoms with Gasteiger partial charge in [-0.3, -0.25) is 0 Å². The summed E-state index contributed by atoms with van der Waals surface area (Å²) in [5.74, 6) is 0. The third-order valence-electron chi connectivity index (χ3n) is 9.96. The molecule has 6 aromatic carbocycles. The maximum atomic E-state index is 9.45. The Kier molecular flexibility index (Phi) is 4.41. The zero-order chi connectivity index (χ0) is 29.8. The molecule has 7 aromatic rings. The minimum absolute atomic E-state index is 0.0165. The van der Waals surface area contributed by atoms with Gasteiger partial charge in [0.25, 0.3) is 0 Å². The van der Waals surface area contributed by atoms with Crippen LogP contribution < -0.4 is 15.8 Å². The maximum absolute atomic E-state index is 9.45. The summed E-state index contributed by atoms with van der Waals surface area (Å²) < 4.78 is 21.2. The van der Waals surface area contributed by atoms with E-state index in [1.165, 1.54) is 55.1 Å². The van der Waals surface area contributed by atoms with Crippen molar-refractivity contribution in [3.63, 3.8) is 0 Å². The summed E-state index contributed by atoms with van der Waals surface area (Å²) in [4.78, 5) is 2.46. The summed E-state index contributed by atoms with van der Waals surface area (Å²) in [6.45, 7) is 0.0165. The Morgan fingerprint density at radius 3 is 2.30 bits per heavy atom. The highest BCUT2D eigenvalue weighted by atomic mass is 15.2. The van der Waals surface area contributed by atoms with Gasteiger partial charge in [0, 0.05) is 44.3 Å². The zero-order valence-electron chi connectivity index (χ0n) is 25.8. The van der Waals surface area contributed by atoms with E-state index in [1.807, 2.05) is 18.2 Å². The van der Waals surface area contributed by atoms with Gasteiger partial charge in [0.15, 0.2) is 0 Å². The molecule has 10 rings (SSSR count). The van der Waals surface area contributed by atoms with Gasteiger partial charge in [0.05, 0.1) is 8.43 Å². The van der Waals surface area contributed by atoms with Gasteiger partial charge in [-0.1, -0.05) is 109 Å². The Bertz CT molecular complexity index is 2380. The minimum atomic E-state index is 0.0165. The van der Waals surface area contributed by atoms with Crippen LogP contribution in [0.1, 0.15) is 26.7 Å². The summed E-state index contributed by atoms with van der Waals surface area (Å²) in [5.41, 5.74) is 15.2. The van der Waals surface area contributed by atoms with Crippen molar-refractivity contribution in [1.82, 2.24) is 4.48 Å². The number of aromatic nitrogens is 1. The van der Waals surface area contributed by atoms with Crippen molar-refractivity contribution in [1.29, 1.82) is 0 Å². The Hall–Kier alpha value is -5.02. The molecule has 0 unspecified atom stereocenters. The highest BCUT2D eigenvalue weighted by Crippen LogP contribution is 2.49. The average Bonchev–Trinajstić information content (AvgIpc) is 3.44. The van der Waals surface area contributed by atoms with Gasteiger partial charge in [-0.15, -0.1) is 0 Å². The fourth-order valence-corrected chi connectivity index (χ4v) is 8.24. The molecule has 2 nitrogen and oxygen atoms in total. The normalized spacial score (nSPS) is 15.2. The highest BCUT2D eigenvalue weighted by Gasteiger charge is 2.43. The van der Waals surface area contributed by atoms with E-state index < -0.39 is 0 Å². The molecule has 0 radical (unpaired) electrons. The summed E-state index contributed by atoms with van der Waals surface area (Å²) in [7, 11) is 0. The van der Waals surface area contributed by atoms with Gasteiger partial charge in [0.1, 0.15) is 0 Å². The van der Waals surface area contributed by atoms with E-state index in [1.54, 1.807) is 0 Å². The lowest BCUT2D eigenvalue weighted by Crippen LogP contribution is -2.56. The van der Waals surface area contributed by atoms with Crippen LogP contribution in [0.25, 0.3) is 44.1 Å². The first-order valence-electron chi connectivity index (χ1n) is 16.5. The molecule has 202 valence electrons. The second kappa shape index (κ2) is 8.75. The second-order valence-corrected chi connectivity index (χ2v) is 12.1. The molecule has 0 bridgehead atoms. The predicted molar refractivity (Wildman–Crippen MR) is 182 cm³/mol. The standard InChI is InChI=1S/C40H29BN2/c1-2-12-26(13-3-1)29-25-24-27-14-4-5-15-28(27)39(29)42-36-22-9-7-20-34(36)41-38-31(17-11-23-37(38)42)33-19-10-18-32-30-16-6-8-21-35(30)43(41)40(32)33/h1-3,6-13,16-25H,4-5,14-15H2/i24D,25D. The number of benzene rings is 6. The monoisotopic (exact) mass is 550 g/mol.